The Bertz CT molecular complexity index is 1290. The van der Waals surface area contributed by atoms with E-state index in [1.807, 2.05) is 42.5 Å². The number of nitrogens with zero attached hydrogens (tertiary/aromatic N) is 3. The highest BCUT2D eigenvalue weighted by atomic mass is 32.1. The second-order valence-corrected chi connectivity index (χ2v) is 11.6. The summed E-state index contributed by atoms with van der Waals surface area (Å²) in [5.74, 6) is 0.000449. The topological polar surface area (TPSA) is 118 Å². The summed E-state index contributed by atoms with van der Waals surface area (Å²) >= 11 is 1.55. The van der Waals surface area contributed by atoms with Gasteiger partial charge >= 0.3 is 6.09 Å². The van der Waals surface area contributed by atoms with Crippen molar-refractivity contribution in [2.24, 2.45) is 0 Å². The number of nitrogen functional groups attached to an aromatic ring is 1. The number of fused-ring (bicyclic) bond motifs is 1. The van der Waals surface area contributed by atoms with Crippen LogP contribution in [0.15, 0.2) is 48.7 Å². The van der Waals surface area contributed by atoms with Crippen molar-refractivity contribution in [1.82, 2.24) is 20.1 Å². The fourth-order valence-corrected chi connectivity index (χ4v) is 5.48. The second-order valence-electron chi connectivity index (χ2n) is 10.4. The Morgan fingerprint density at radius 2 is 1.97 bits per heavy atom. The predicted molar refractivity (Wildman–Crippen MR) is 149 cm³/mol. The van der Waals surface area contributed by atoms with Gasteiger partial charge in [0.05, 0.1) is 6.54 Å². The molecule has 3 N–H and O–H groups in total. The van der Waals surface area contributed by atoms with Crippen LogP contribution in [0.5, 0.6) is 0 Å². The molecule has 3 heterocycles. The quantitative estimate of drug-likeness (QED) is 0.449. The first-order chi connectivity index (χ1) is 18.1. The largest absolute Gasteiger partial charge is 0.444 e. The van der Waals surface area contributed by atoms with Gasteiger partial charge in [-0.25, -0.2) is 9.78 Å². The van der Waals surface area contributed by atoms with Crippen molar-refractivity contribution in [1.29, 1.82) is 0 Å². The Morgan fingerprint density at radius 1 is 1.21 bits per heavy atom. The molecular formula is C28H35N5O4S. The standard InChI is InChI=1S/C28H35N5O4S/c1-28(2,3)37-27(36)32(15-12-19-8-5-4-6-9-19)18-24(34)33-14-7-10-22(33)26(35)31-17-20-16-21-23(38-20)11-13-30-25(21)29/h4-6,8-9,11,13,16,22H,7,10,12,14-15,17-18H2,1-3H3,(H2,29,30)(H,31,35)/t22-/m0/s1. The molecule has 0 radical (unpaired) electrons. The molecule has 0 unspecified atom stereocenters. The van der Waals surface area contributed by atoms with Gasteiger partial charge in [0, 0.05) is 34.2 Å². The van der Waals surface area contributed by atoms with E-state index in [4.69, 9.17) is 10.5 Å². The van der Waals surface area contributed by atoms with Gasteiger partial charge in [0.25, 0.3) is 0 Å². The lowest BCUT2D eigenvalue weighted by Gasteiger charge is -2.30. The molecule has 1 fully saturated rings. The Kier molecular flexibility index (Phi) is 8.51. The van der Waals surface area contributed by atoms with Gasteiger partial charge in [-0.15, -0.1) is 11.3 Å². The molecule has 4 rings (SSSR count). The number of amides is 3. The molecule has 0 spiro atoms. The summed E-state index contributed by atoms with van der Waals surface area (Å²) in [6.45, 7) is 6.40. The van der Waals surface area contributed by atoms with E-state index in [2.05, 4.69) is 10.3 Å². The lowest BCUT2D eigenvalue weighted by Crippen LogP contribution is -2.50. The third kappa shape index (κ3) is 7.00. The van der Waals surface area contributed by atoms with E-state index in [9.17, 15) is 14.4 Å². The maximum Gasteiger partial charge on any atom is 0.410 e. The lowest BCUT2D eigenvalue weighted by molar-refractivity contribution is -0.139. The molecule has 0 saturated carbocycles. The van der Waals surface area contributed by atoms with Crippen molar-refractivity contribution in [3.63, 3.8) is 0 Å². The van der Waals surface area contributed by atoms with Crippen molar-refractivity contribution in [3.05, 3.63) is 59.1 Å². The van der Waals surface area contributed by atoms with Gasteiger partial charge in [0.15, 0.2) is 0 Å². The van der Waals surface area contributed by atoms with Crippen LogP contribution in [0.25, 0.3) is 10.1 Å². The van der Waals surface area contributed by atoms with E-state index in [1.165, 1.54) is 4.90 Å². The van der Waals surface area contributed by atoms with Crippen molar-refractivity contribution in [2.45, 2.75) is 58.2 Å². The molecule has 2 aromatic heterocycles. The van der Waals surface area contributed by atoms with E-state index in [0.29, 0.717) is 38.3 Å². The Hall–Kier alpha value is -3.66. The van der Waals surface area contributed by atoms with Crippen LogP contribution in [-0.4, -0.2) is 64.0 Å². The fourth-order valence-electron chi connectivity index (χ4n) is 4.48. The maximum atomic E-state index is 13.4. The third-order valence-corrected chi connectivity index (χ3v) is 7.43. The Morgan fingerprint density at radius 3 is 2.68 bits per heavy atom. The molecule has 1 aliphatic rings. The number of nitrogens with one attached hydrogen (secondary N) is 1. The summed E-state index contributed by atoms with van der Waals surface area (Å²) in [5, 5.41) is 3.84. The number of thiophene rings is 1. The van der Waals surface area contributed by atoms with Crippen LogP contribution >= 0.6 is 11.3 Å². The van der Waals surface area contributed by atoms with Crippen LogP contribution in [-0.2, 0) is 27.3 Å². The Balaban J connectivity index is 1.39. The average molecular weight is 538 g/mol. The number of rotatable bonds is 8. The van der Waals surface area contributed by atoms with E-state index >= 15 is 0 Å². The molecule has 0 bridgehead atoms. The highest BCUT2D eigenvalue weighted by Gasteiger charge is 2.35. The van der Waals surface area contributed by atoms with Gasteiger partial charge in [-0.05, 0) is 57.7 Å². The normalized spacial score (nSPS) is 15.4. The van der Waals surface area contributed by atoms with E-state index < -0.39 is 17.7 Å². The lowest BCUT2D eigenvalue weighted by atomic mass is 10.1. The molecule has 9 nitrogen and oxygen atoms in total. The SMILES string of the molecule is CC(C)(C)OC(=O)N(CCc1ccccc1)CC(=O)N1CCC[C@H]1C(=O)NCc1cc2c(N)nccc2s1. The first kappa shape index (κ1) is 27.4. The van der Waals surface area contributed by atoms with Crippen molar-refractivity contribution < 1.29 is 19.1 Å². The molecule has 3 aromatic rings. The van der Waals surface area contributed by atoms with Gasteiger partial charge in [-0.2, -0.15) is 0 Å². The molecular weight excluding hydrogens is 502 g/mol. The number of carbonyl (C=O) groups is 3. The van der Waals surface area contributed by atoms with Crippen LogP contribution < -0.4 is 11.1 Å². The highest BCUT2D eigenvalue weighted by molar-refractivity contribution is 7.19. The van der Waals surface area contributed by atoms with Crippen LogP contribution in [0.2, 0.25) is 0 Å². The summed E-state index contributed by atoms with van der Waals surface area (Å²) in [7, 11) is 0. The molecule has 1 atom stereocenters. The third-order valence-electron chi connectivity index (χ3n) is 6.33. The zero-order valence-corrected chi connectivity index (χ0v) is 22.9. The average Bonchev–Trinajstić information content (AvgIpc) is 3.53. The molecule has 1 aromatic carbocycles. The number of aromatic nitrogens is 1. The van der Waals surface area contributed by atoms with E-state index in [-0.39, 0.29) is 18.4 Å². The molecule has 202 valence electrons. The number of ether oxygens (including phenoxy) is 1. The smallest absolute Gasteiger partial charge is 0.410 e. The second kappa shape index (κ2) is 11.8. The molecule has 1 aliphatic heterocycles. The van der Waals surface area contributed by atoms with Gasteiger partial charge in [0.1, 0.15) is 24.0 Å². The summed E-state index contributed by atoms with van der Waals surface area (Å²) in [5.41, 5.74) is 6.33. The van der Waals surface area contributed by atoms with Crippen LogP contribution in [0, 0.1) is 0 Å². The fraction of sp³-hybridized carbons (Fsp3) is 0.429. The van der Waals surface area contributed by atoms with Gasteiger partial charge in [-0.3, -0.25) is 14.5 Å². The van der Waals surface area contributed by atoms with Crippen molar-refractivity contribution in [2.75, 3.05) is 25.4 Å². The molecule has 3 amide bonds. The number of nitrogens with two attached hydrogens (primary N) is 1. The number of benzene rings is 1. The van der Waals surface area contributed by atoms with E-state index in [1.54, 1.807) is 43.2 Å². The van der Waals surface area contributed by atoms with Gasteiger partial charge < -0.3 is 20.7 Å². The zero-order valence-electron chi connectivity index (χ0n) is 22.1. The minimum Gasteiger partial charge on any atom is -0.444 e. The summed E-state index contributed by atoms with van der Waals surface area (Å²) in [6, 6.07) is 13.0. The number of carbonyl (C=O) groups excluding carboxylic acids is 3. The minimum absolute atomic E-state index is 0.145. The summed E-state index contributed by atoms with van der Waals surface area (Å²) < 4.78 is 6.58. The monoisotopic (exact) mass is 537 g/mol. The predicted octanol–water partition coefficient (Wildman–Crippen LogP) is 3.97. The van der Waals surface area contributed by atoms with Gasteiger partial charge in [0.2, 0.25) is 11.8 Å². The maximum absolute atomic E-state index is 13.4. The van der Waals surface area contributed by atoms with Gasteiger partial charge in [-0.1, -0.05) is 30.3 Å². The zero-order chi connectivity index (χ0) is 27.3. The number of hydrogen-bond acceptors (Lipinski definition) is 7. The van der Waals surface area contributed by atoms with Crippen molar-refractivity contribution in [3.8, 4) is 0 Å². The number of hydrogen-bond donors (Lipinski definition) is 2. The number of anilines is 1. The molecule has 0 aliphatic carbocycles. The number of likely N-dealkylation sites (tertiary alicyclic amines) is 1. The molecule has 10 heteroatoms. The number of pyridine rings is 1. The van der Waals surface area contributed by atoms with Crippen molar-refractivity contribution >= 4 is 45.1 Å². The minimum atomic E-state index is -0.686. The summed E-state index contributed by atoms with van der Waals surface area (Å²) in [4.78, 5) is 47.5. The first-order valence-corrected chi connectivity index (χ1v) is 13.6. The summed E-state index contributed by atoms with van der Waals surface area (Å²) in [6.07, 6.45) is 3.02. The molecule has 1 saturated heterocycles. The van der Waals surface area contributed by atoms with Crippen LogP contribution in [0.1, 0.15) is 44.1 Å². The highest BCUT2D eigenvalue weighted by Crippen LogP contribution is 2.28. The molecule has 38 heavy (non-hydrogen) atoms. The van der Waals surface area contributed by atoms with E-state index in [0.717, 1.165) is 26.9 Å². The first-order valence-electron chi connectivity index (χ1n) is 12.8. The van der Waals surface area contributed by atoms with Crippen LogP contribution in [0.4, 0.5) is 10.6 Å². The Labute approximate surface area is 227 Å². The van der Waals surface area contributed by atoms with Crippen LogP contribution in [0.3, 0.4) is 0 Å².